The Morgan fingerprint density at radius 3 is 1.81 bits per heavy atom. The van der Waals surface area contributed by atoms with E-state index in [1.54, 1.807) is 23.7 Å². The Hall–Kier alpha value is -4.80. The normalized spacial score (nSPS) is 12.2. The number of hydrogen-bond donors (Lipinski definition) is 7. The van der Waals surface area contributed by atoms with Gasteiger partial charge in [-0.25, -0.2) is 0 Å². The van der Waals surface area contributed by atoms with Crippen LogP contribution >= 0.6 is 11.3 Å². The molecule has 0 saturated heterocycles. The summed E-state index contributed by atoms with van der Waals surface area (Å²) in [7, 11) is 1.96. The van der Waals surface area contributed by atoms with E-state index in [9.17, 15) is 9.59 Å². The number of nitrogens with one attached hydrogen (secondary N) is 5. The highest BCUT2D eigenvalue weighted by Gasteiger charge is 2.14. The fraction of sp³-hybridized carbons (Fsp3) is 0.316. The average molecular weight is 670 g/mol. The van der Waals surface area contributed by atoms with E-state index in [1.165, 1.54) is 0 Å². The number of amides is 2. The van der Waals surface area contributed by atoms with Gasteiger partial charge in [0.05, 0.1) is 11.4 Å². The van der Waals surface area contributed by atoms with Gasteiger partial charge in [-0.1, -0.05) is 67.8 Å². The number of benzene rings is 2. The molecule has 9 N–H and O–H groups in total. The van der Waals surface area contributed by atoms with Crippen LogP contribution < -0.4 is 38.1 Å². The van der Waals surface area contributed by atoms with Crippen LogP contribution in [0, 0.1) is 0 Å². The number of nitrogens with two attached hydrogens (primary N) is 2. The maximum Gasteiger partial charge on any atom is 0.222 e. The fourth-order valence-corrected chi connectivity index (χ4v) is 5.98. The van der Waals surface area contributed by atoms with E-state index in [0.29, 0.717) is 19.4 Å². The predicted octanol–water partition coefficient (Wildman–Crippen LogP) is 5.56. The van der Waals surface area contributed by atoms with Crippen molar-refractivity contribution in [3.63, 3.8) is 0 Å². The van der Waals surface area contributed by atoms with Gasteiger partial charge in [0, 0.05) is 54.1 Å². The minimum absolute atomic E-state index is 0.0715. The number of allylic oxidation sites excluding steroid dienone is 2. The molecule has 1 aromatic heterocycles. The third kappa shape index (κ3) is 13.1. The molecule has 256 valence electrons. The smallest absolute Gasteiger partial charge is 0.222 e. The summed E-state index contributed by atoms with van der Waals surface area (Å²) in [5.74, 6) is -0.0715. The first kappa shape index (κ1) is 37.7. The number of unbranched alkanes of at least 4 members (excludes halogenated alkanes) is 2. The van der Waals surface area contributed by atoms with Gasteiger partial charge in [-0.15, -0.1) is 11.3 Å². The van der Waals surface area contributed by atoms with Crippen molar-refractivity contribution < 1.29 is 9.59 Å². The lowest BCUT2D eigenvalue weighted by atomic mass is 10.0. The molecule has 1 heterocycles. The molecule has 48 heavy (non-hydrogen) atoms. The second-order valence-corrected chi connectivity index (χ2v) is 12.6. The predicted molar refractivity (Wildman–Crippen MR) is 201 cm³/mol. The van der Waals surface area contributed by atoms with Crippen LogP contribution in [0.3, 0.4) is 0 Å². The first-order valence-corrected chi connectivity index (χ1v) is 17.3. The van der Waals surface area contributed by atoms with Crippen molar-refractivity contribution in [2.45, 2.75) is 57.4 Å². The molecule has 0 aliphatic rings. The third-order valence-corrected chi connectivity index (χ3v) is 8.73. The lowest BCUT2D eigenvalue weighted by Gasteiger charge is -2.16. The maximum absolute atomic E-state index is 12.4. The lowest BCUT2D eigenvalue weighted by Crippen LogP contribution is -2.36. The van der Waals surface area contributed by atoms with Gasteiger partial charge >= 0.3 is 0 Å². The van der Waals surface area contributed by atoms with Crippen molar-refractivity contribution in [3.8, 4) is 11.1 Å². The van der Waals surface area contributed by atoms with E-state index in [1.807, 2.05) is 36.7 Å². The molecule has 10 heteroatoms. The average Bonchev–Trinajstić information content (AvgIpc) is 3.61. The van der Waals surface area contributed by atoms with Gasteiger partial charge in [-0.3, -0.25) is 9.59 Å². The zero-order valence-electron chi connectivity index (χ0n) is 28.0. The molecule has 3 aromatic rings. The number of thiophene rings is 1. The molecule has 0 aliphatic carbocycles. The minimum Gasteiger partial charge on any atom is -0.403 e. The molecule has 0 spiro atoms. The van der Waals surface area contributed by atoms with Crippen LogP contribution in [0.4, 0.5) is 0 Å². The molecule has 0 saturated carbocycles. The molecule has 9 nitrogen and oxygen atoms in total. The summed E-state index contributed by atoms with van der Waals surface area (Å²) in [6.45, 7) is 9.88. The summed E-state index contributed by atoms with van der Waals surface area (Å²) in [5, 5.41) is 17.6. The van der Waals surface area contributed by atoms with Gasteiger partial charge < -0.3 is 38.1 Å². The molecular weight excluding hydrogens is 619 g/mol. The Morgan fingerprint density at radius 1 is 0.812 bits per heavy atom. The Labute approximate surface area is 289 Å². The highest BCUT2D eigenvalue weighted by atomic mass is 32.1. The van der Waals surface area contributed by atoms with E-state index in [4.69, 9.17) is 11.5 Å². The highest BCUT2D eigenvalue weighted by Crippen LogP contribution is 2.24. The van der Waals surface area contributed by atoms with Crippen molar-refractivity contribution in [2.75, 3.05) is 20.1 Å². The maximum atomic E-state index is 12.4. The monoisotopic (exact) mass is 669 g/mol. The fourth-order valence-electron chi connectivity index (χ4n) is 5.20. The summed E-state index contributed by atoms with van der Waals surface area (Å²) in [5.41, 5.74) is 19.5. The molecular formula is C38H51N7O2S. The van der Waals surface area contributed by atoms with Crippen molar-refractivity contribution in [3.05, 3.63) is 119 Å². The molecule has 0 unspecified atom stereocenters. The topological polar surface area (TPSA) is 146 Å². The minimum atomic E-state index is -0.218. The number of carbonyl (C=O) groups is 2. The molecule has 0 bridgehead atoms. The van der Waals surface area contributed by atoms with Crippen molar-refractivity contribution in [2.24, 2.45) is 11.5 Å². The van der Waals surface area contributed by atoms with Crippen molar-refractivity contribution in [1.82, 2.24) is 26.6 Å². The number of rotatable bonds is 23. The SMILES string of the molecule is C=C(CCCCNC)N/C(=C\N)c1ccc(-c2ccc(/C(=C/N)NC(=C)CCCCNC(=O)C[C@@H](Cc3cccs3)NC=O)cc2)cc1. The van der Waals surface area contributed by atoms with Gasteiger partial charge in [-0.2, -0.15) is 0 Å². The van der Waals surface area contributed by atoms with E-state index in [0.717, 1.165) is 95.0 Å². The van der Waals surface area contributed by atoms with Crippen LogP contribution in [0.2, 0.25) is 0 Å². The Kier molecular flexibility index (Phi) is 16.6. The second kappa shape index (κ2) is 21.1. The first-order chi connectivity index (χ1) is 23.4. The van der Waals surface area contributed by atoms with Crippen LogP contribution in [-0.4, -0.2) is 38.5 Å². The van der Waals surface area contributed by atoms with E-state index in [-0.39, 0.29) is 18.4 Å². The Morgan fingerprint density at radius 2 is 1.35 bits per heavy atom. The molecule has 2 amide bonds. The highest BCUT2D eigenvalue weighted by molar-refractivity contribution is 7.09. The molecule has 2 aromatic carbocycles. The standard InChI is InChI=1S/C38H51N7O2S/c1-28(9-4-6-20-41-3)44-36(25-39)32-16-12-30(13-17-32)31-14-18-33(19-15-31)37(26-40)45-29(2)10-5-7-21-42-38(47)24-34(43-27-46)23-35-11-8-22-48-35/h8,11-19,22,25-27,34,41,44-45H,1-2,4-7,9-10,20-21,23-24,39-40H2,3H3,(H,42,47)(H,43,46)/b36-25-,37-26-/t34-/m1/s1. The van der Waals surface area contributed by atoms with Gasteiger partial charge in [-0.05, 0) is 85.8 Å². The Balaban J connectivity index is 1.42. The molecule has 0 aliphatic heterocycles. The summed E-state index contributed by atoms with van der Waals surface area (Å²) in [6, 6.07) is 20.2. The zero-order chi connectivity index (χ0) is 34.6. The van der Waals surface area contributed by atoms with Crippen LogP contribution in [0.1, 0.15) is 60.9 Å². The van der Waals surface area contributed by atoms with Gasteiger partial charge in [0.2, 0.25) is 12.3 Å². The van der Waals surface area contributed by atoms with Crippen molar-refractivity contribution in [1.29, 1.82) is 0 Å². The molecule has 1 atom stereocenters. The van der Waals surface area contributed by atoms with E-state index in [2.05, 4.69) is 76.1 Å². The van der Waals surface area contributed by atoms with Crippen LogP contribution in [0.5, 0.6) is 0 Å². The van der Waals surface area contributed by atoms with Gasteiger partial charge in [0.25, 0.3) is 0 Å². The summed E-state index contributed by atoms with van der Waals surface area (Å²) in [6.07, 6.45) is 10.1. The molecule has 3 rings (SSSR count). The lowest BCUT2D eigenvalue weighted by molar-refractivity contribution is -0.121. The van der Waals surface area contributed by atoms with Gasteiger partial charge in [0.1, 0.15) is 0 Å². The van der Waals surface area contributed by atoms with Crippen LogP contribution in [-0.2, 0) is 16.0 Å². The second-order valence-electron chi connectivity index (χ2n) is 11.6. The summed E-state index contributed by atoms with van der Waals surface area (Å²) >= 11 is 1.62. The molecule has 0 fully saturated rings. The van der Waals surface area contributed by atoms with E-state index < -0.39 is 0 Å². The third-order valence-electron chi connectivity index (χ3n) is 7.83. The quantitative estimate of drug-likeness (QED) is 0.0517. The largest absolute Gasteiger partial charge is 0.403 e. The summed E-state index contributed by atoms with van der Waals surface area (Å²) in [4.78, 5) is 24.5. The Bertz CT molecular complexity index is 1500. The van der Waals surface area contributed by atoms with Crippen LogP contribution in [0.25, 0.3) is 22.5 Å². The first-order valence-electron chi connectivity index (χ1n) is 16.4. The van der Waals surface area contributed by atoms with Crippen molar-refractivity contribution >= 4 is 35.0 Å². The number of hydrogen-bond acceptors (Lipinski definition) is 8. The van der Waals surface area contributed by atoms with Crippen LogP contribution in [0.15, 0.2) is 103 Å². The summed E-state index contributed by atoms with van der Waals surface area (Å²) < 4.78 is 0. The zero-order valence-corrected chi connectivity index (χ0v) is 28.8. The van der Waals surface area contributed by atoms with E-state index >= 15 is 0 Å². The van der Waals surface area contributed by atoms with Gasteiger partial charge in [0.15, 0.2) is 0 Å². The molecule has 0 radical (unpaired) electrons. The number of carbonyl (C=O) groups excluding carboxylic acids is 2.